The summed E-state index contributed by atoms with van der Waals surface area (Å²) in [6.07, 6.45) is 2.84. The highest BCUT2D eigenvalue weighted by molar-refractivity contribution is 7.89. The second-order valence-corrected chi connectivity index (χ2v) is 9.25. The largest absolute Gasteiger partial charge is 0.449 e. The van der Waals surface area contributed by atoms with E-state index >= 15 is 0 Å². The van der Waals surface area contributed by atoms with E-state index in [0.717, 1.165) is 23.6 Å². The summed E-state index contributed by atoms with van der Waals surface area (Å²) in [7, 11) is -0.766. The van der Waals surface area contributed by atoms with Gasteiger partial charge in [0.15, 0.2) is 6.10 Å². The zero-order chi connectivity index (χ0) is 20.9. The predicted molar refractivity (Wildman–Crippen MR) is 102 cm³/mol. The first-order chi connectivity index (χ1) is 13.1. The Balaban J connectivity index is 2.02. The third kappa shape index (κ3) is 4.88. The summed E-state index contributed by atoms with van der Waals surface area (Å²) in [5.74, 6) is -1.27. The minimum absolute atomic E-state index is 0.0492. The van der Waals surface area contributed by atoms with Gasteiger partial charge in [0.05, 0.1) is 16.5 Å². The molecule has 1 amide bonds. The Morgan fingerprint density at radius 2 is 1.75 bits per heavy atom. The molecule has 0 spiro atoms. The topological polar surface area (TPSA) is 117 Å². The average molecular weight is 407 g/mol. The number of nitrogens with zero attached hydrogens (tertiary/aromatic N) is 2. The molecule has 8 nitrogen and oxygen atoms in total. The molecule has 28 heavy (non-hydrogen) atoms. The van der Waals surface area contributed by atoms with Crippen LogP contribution >= 0.6 is 0 Å². The number of nitrogens with one attached hydrogen (secondary N) is 1. The van der Waals surface area contributed by atoms with E-state index in [4.69, 9.17) is 4.74 Å². The van der Waals surface area contributed by atoms with Crippen molar-refractivity contribution in [2.24, 2.45) is 0 Å². The van der Waals surface area contributed by atoms with Crippen LogP contribution in [0.25, 0.3) is 0 Å². The van der Waals surface area contributed by atoms with E-state index in [1.54, 1.807) is 0 Å². The average Bonchev–Trinajstić information content (AvgIpc) is 2.68. The Morgan fingerprint density at radius 3 is 2.25 bits per heavy atom. The number of sulfonamides is 1. The summed E-state index contributed by atoms with van der Waals surface area (Å²) in [5, 5.41) is 12.2. The van der Waals surface area contributed by atoms with Gasteiger partial charge in [0.2, 0.25) is 10.0 Å². The summed E-state index contributed by atoms with van der Waals surface area (Å²) >= 11 is 0. The lowest BCUT2D eigenvalue weighted by Gasteiger charge is -2.32. The van der Waals surface area contributed by atoms with Gasteiger partial charge in [-0.25, -0.2) is 17.5 Å². The molecular weight excluding hydrogens is 382 g/mol. The van der Waals surface area contributed by atoms with Crippen molar-refractivity contribution >= 4 is 21.9 Å². The number of esters is 1. The molecule has 0 saturated heterocycles. The van der Waals surface area contributed by atoms with Gasteiger partial charge in [-0.05, 0) is 44.0 Å². The van der Waals surface area contributed by atoms with Crippen LogP contribution in [0.4, 0.5) is 0 Å². The molecule has 1 fully saturated rings. The molecule has 1 saturated carbocycles. The standard InChI is InChI=1S/C19H25N3O5S/c1-14(17(23)21-19(13-20)11-5-4-6-12-19)27-18(24)15-7-9-16(10-8-15)28(25,26)22(2)3/h7-10,14H,4-6,11-12H2,1-3H3,(H,21,23)/t14-/m1/s1. The van der Waals surface area contributed by atoms with Crippen LogP contribution in [-0.2, 0) is 19.6 Å². The molecule has 0 aliphatic heterocycles. The maximum atomic E-state index is 12.4. The van der Waals surface area contributed by atoms with E-state index in [2.05, 4.69) is 11.4 Å². The fourth-order valence-corrected chi connectivity index (χ4v) is 3.92. The van der Waals surface area contributed by atoms with Gasteiger partial charge in [-0.15, -0.1) is 0 Å². The monoisotopic (exact) mass is 407 g/mol. The van der Waals surface area contributed by atoms with Gasteiger partial charge in [-0.3, -0.25) is 4.79 Å². The molecule has 1 aliphatic rings. The van der Waals surface area contributed by atoms with Crippen LogP contribution in [0.15, 0.2) is 29.2 Å². The predicted octanol–water partition coefficient (Wildman–Crippen LogP) is 1.82. The second kappa shape index (κ2) is 8.71. The number of rotatable bonds is 6. The van der Waals surface area contributed by atoms with Gasteiger partial charge >= 0.3 is 5.97 Å². The summed E-state index contributed by atoms with van der Waals surface area (Å²) in [6.45, 7) is 1.44. The number of nitriles is 1. The number of carbonyl (C=O) groups excluding carboxylic acids is 2. The van der Waals surface area contributed by atoms with Crippen LogP contribution in [0.5, 0.6) is 0 Å². The van der Waals surface area contributed by atoms with Crippen LogP contribution in [0, 0.1) is 11.3 Å². The Labute approximate surface area is 165 Å². The molecule has 2 rings (SSSR count). The molecule has 0 bridgehead atoms. The van der Waals surface area contributed by atoms with Crippen molar-refractivity contribution in [2.75, 3.05) is 14.1 Å². The highest BCUT2D eigenvalue weighted by atomic mass is 32.2. The SMILES string of the molecule is C[C@@H](OC(=O)c1ccc(S(=O)(=O)N(C)C)cc1)C(=O)NC1(C#N)CCCCC1. The van der Waals surface area contributed by atoms with Crippen molar-refractivity contribution in [1.82, 2.24) is 9.62 Å². The number of amides is 1. The smallest absolute Gasteiger partial charge is 0.338 e. The lowest BCUT2D eigenvalue weighted by molar-refractivity contribution is -0.130. The van der Waals surface area contributed by atoms with Gasteiger partial charge in [0.1, 0.15) is 5.54 Å². The zero-order valence-electron chi connectivity index (χ0n) is 16.3. The number of ether oxygens (including phenoxy) is 1. The molecule has 1 atom stereocenters. The maximum absolute atomic E-state index is 12.4. The number of carbonyl (C=O) groups is 2. The number of benzene rings is 1. The fraction of sp³-hybridized carbons (Fsp3) is 0.526. The molecule has 1 aromatic carbocycles. The van der Waals surface area contributed by atoms with Gasteiger partial charge in [-0.1, -0.05) is 19.3 Å². The molecule has 1 aromatic rings. The fourth-order valence-electron chi connectivity index (χ4n) is 3.01. The van der Waals surface area contributed by atoms with Crippen molar-refractivity contribution in [3.8, 4) is 6.07 Å². The van der Waals surface area contributed by atoms with Crippen molar-refractivity contribution in [2.45, 2.75) is 55.6 Å². The molecule has 0 aromatic heterocycles. The van der Waals surface area contributed by atoms with Crippen LogP contribution in [-0.4, -0.2) is 50.3 Å². The first-order valence-electron chi connectivity index (χ1n) is 9.08. The van der Waals surface area contributed by atoms with Crippen LogP contribution in [0.2, 0.25) is 0 Å². The third-order valence-corrected chi connectivity index (χ3v) is 6.63. The first kappa shape index (κ1) is 21.9. The van der Waals surface area contributed by atoms with Crippen LogP contribution in [0.3, 0.4) is 0 Å². The third-order valence-electron chi connectivity index (χ3n) is 4.81. The zero-order valence-corrected chi connectivity index (χ0v) is 17.1. The second-order valence-electron chi connectivity index (χ2n) is 7.10. The molecule has 0 heterocycles. The van der Waals surface area contributed by atoms with Gasteiger partial charge in [-0.2, -0.15) is 5.26 Å². The van der Waals surface area contributed by atoms with Gasteiger partial charge < -0.3 is 10.1 Å². The maximum Gasteiger partial charge on any atom is 0.338 e. The van der Waals surface area contributed by atoms with Gasteiger partial charge in [0.25, 0.3) is 5.91 Å². The Hall–Kier alpha value is -2.44. The van der Waals surface area contributed by atoms with E-state index < -0.39 is 33.5 Å². The molecule has 152 valence electrons. The van der Waals surface area contributed by atoms with E-state index in [9.17, 15) is 23.3 Å². The quantitative estimate of drug-likeness (QED) is 0.719. The normalized spacial score (nSPS) is 17.4. The summed E-state index contributed by atoms with van der Waals surface area (Å²) < 4.78 is 30.4. The first-order valence-corrected chi connectivity index (χ1v) is 10.5. The highest BCUT2D eigenvalue weighted by Crippen LogP contribution is 2.27. The molecular formula is C19H25N3O5S. The molecule has 0 radical (unpaired) electrons. The number of hydrogen-bond acceptors (Lipinski definition) is 6. The van der Waals surface area contributed by atoms with Crippen LogP contribution in [0.1, 0.15) is 49.4 Å². The minimum atomic E-state index is -3.60. The molecule has 9 heteroatoms. The lowest BCUT2D eigenvalue weighted by Crippen LogP contribution is -2.52. The van der Waals surface area contributed by atoms with Crippen LogP contribution < -0.4 is 5.32 Å². The molecule has 0 unspecified atom stereocenters. The Kier molecular flexibility index (Phi) is 6.80. The summed E-state index contributed by atoms with van der Waals surface area (Å²) in [6, 6.07) is 7.47. The van der Waals surface area contributed by atoms with Crippen molar-refractivity contribution in [3.63, 3.8) is 0 Å². The van der Waals surface area contributed by atoms with Crippen molar-refractivity contribution in [1.29, 1.82) is 5.26 Å². The molecule has 1 aliphatic carbocycles. The van der Waals surface area contributed by atoms with Crippen molar-refractivity contribution < 1.29 is 22.7 Å². The van der Waals surface area contributed by atoms with E-state index in [-0.39, 0.29) is 10.5 Å². The minimum Gasteiger partial charge on any atom is -0.449 e. The van der Waals surface area contributed by atoms with E-state index in [1.807, 2.05) is 0 Å². The number of hydrogen-bond donors (Lipinski definition) is 1. The Morgan fingerprint density at radius 1 is 1.18 bits per heavy atom. The summed E-state index contributed by atoms with van der Waals surface area (Å²) in [4.78, 5) is 24.7. The van der Waals surface area contributed by atoms with Gasteiger partial charge in [0, 0.05) is 14.1 Å². The van der Waals surface area contributed by atoms with Crippen molar-refractivity contribution in [3.05, 3.63) is 29.8 Å². The van der Waals surface area contributed by atoms with E-state index in [1.165, 1.54) is 45.3 Å². The lowest BCUT2D eigenvalue weighted by atomic mass is 9.83. The Bertz CT molecular complexity index is 866. The summed E-state index contributed by atoms with van der Waals surface area (Å²) in [5.41, 5.74) is -0.775. The molecule has 1 N–H and O–H groups in total. The highest BCUT2D eigenvalue weighted by Gasteiger charge is 2.35. The van der Waals surface area contributed by atoms with E-state index in [0.29, 0.717) is 12.8 Å².